The van der Waals surface area contributed by atoms with E-state index in [2.05, 4.69) is 10.6 Å². The summed E-state index contributed by atoms with van der Waals surface area (Å²) in [5.74, 6) is -6.16. The lowest BCUT2D eigenvalue weighted by molar-refractivity contribution is -0.0716. The minimum absolute atomic E-state index is 0.0450. The molecule has 0 radical (unpaired) electrons. The van der Waals surface area contributed by atoms with Crippen molar-refractivity contribution < 1.29 is 58.8 Å². The number of hydrogen-bond acceptors (Lipinski definition) is 8. The van der Waals surface area contributed by atoms with E-state index < -0.39 is 89.8 Å². The van der Waals surface area contributed by atoms with Gasteiger partial charge in [-0.25, -0.2) is 9.18 Å². The SMILES string of the molecule is Cc1ccc(C)c(NC(=O)Nc2ccc(C(Cc3ccc(C(F)(F)P(=O)(OC(C)(C)C)OC(C)(C)C)cc3)(C(=O)c3ccc(F)cc3)C(F)(F)c3ccc(P(=O)(OC(C)(C)C)OC(C)(C)C)cc3)cc2)c1. The van der Waals surface area contributed by atoms with E-state index in [9.17, 15) is 18.3 Å². The minimum atomic E-state index is -5.31. The summed E-state index contributed by atoms with van der Waals surface area (Å²) in [6, 6.07) is 22.4. The molecule has 0 bridgehead atoms. The van der Waals surface area contributed by atoms with Crippen molar-refractivity contribution in [2.45, 2.75) is 143 Å². The van der Waals surface area contributed by atoms with Gasteiger partial charge in [0.05, 0.1) is 27.7 Å². The van der Waals surface area contributed by atoms with Crippen LogP contribution < -0.4 is 15.9 Å². The van der Waals surface area contributed by atoms with Gasteiger partial charge in [-0.1, -0.05) is 60.7 Å². The molecule has 384 valence electrons. The number of alkyl halides is 4. The molecule has 17 heteroatoms. The maximum absolute atomic E-state index is 18.5. The number of amides is 2. The van der Waals surface area contributed by atoms with Crippen LogP contribution in [-0.4, -0.2) is 34.2 Å². The summed E-state index contributed by atoms with van der Waals surface area (Å²) in [5, 5.41) is 5.41. The first kappa shape index (κ1) is 56.9. The van der Waals surface area contributed by atoms with Gasteiger partial charge in [0.15, 0.2) is 5.78 Å². The molecule has 0 saturated carbocycles. The van der Waals surface area contributed by atoms with Crippen LogP contribution in [0.1, 0.15) is 127 Å². The third-order valence-electron chi connectivity index (χ3n) is 10.5. The van der Waals surface area contributed by atoms with Crippen LogP contribution in [0, 0.1) is 19.7 Å². The maximum Gasteiger partial charge on any atom is 0.405 e. The monoisotopic (exact) mass is 1030 g/mol. The number of Topliss-reactive ketones (excluding diaryl/α,β-unsaturated/α-hetero) is 1. The third kappa shape index (κ3) is 13.7. The summed E-state index contributed by atoms with van der Waals surface area (Å²) in [6.07, 6.45) is -0.864. The fourth-order valence-corrected chi connectivity index (χ4v) is 12.1. The fourth-order valence-electron chi connectivity index (χ4n) is 7.68. The lowest BCUT2D eigenvalue weighted by Crippen LogP contribution is -2.51. The first-order chi connectivity index (χ1) is 32.4. The molecule has 0 aliphatic carbocycles. The van der Waals surface area contributed by atoms with Crippen molar-refractivity contribution in [1.29, 1.82) is 0 Å². The molecule has 5 rings (SSSR count). The first-order valence-corrected chi connectivity index (χ1v) is 26.0. The zero-order valence-corrected chi connectivity index (χ0v) is 44.5. The Bertz CT molecular complexity index is 2760. The van der Waals surface area contributed by atoms with Crippen molar-refractivity contribution in [2.75, 3.05) is 10.6 Å². The van der Waals surface area contributed by atoms with Crippen LogP contribution in [0.2, 0.25) is 0 Å². The van der Waals surface area contributed by atoms with Crippen LogP contribution in [0.5, 0.6) is 0 Å². The minimum Gasteiger partial charge on any atom is -0.308 e. The Balaban J connectivity index is 1.73. The first-order valence-electron chi connectivity index (χ1n) is 22.9. The summed E-state index contributed by atoms with van der Waals surface area (Å²) in [7, 11) is -9.51. The Morgan fingerprint density at radius 2 is 1.01 bits per heavy atom. The highest BCUT2D eigenvalue weighted by molar-refractivity contribution is 7.62. The summed E-state index contributed by atoms with van der Waals surface area (Å²) < 4.78 is 136. The van der Waals surface area contributed by atoms with Gasteiger partial charge in [0, 0.05) is 28.1 Å². The molecule has 0 saturated heterocycles. The number of urea groups is 1. The molecule has 1 unspecified atom stereocenters. The van der Waals surface area contributed by atoms with Gasteiger partial charge >= 0.3 is 26.9 Å². The van der Waals surface area contributed by atoms with Crippen molar-refractivity contribution >= 4 is 43.7 Å². The molecule has 0 aliphatic heterocycles. The second-order valence-corrected chi connectivity index (χ2v) is 25.4. The number of nitrogens with one attached hydrogen (secondary N) is 2. The van der Waals surface area contributed by atoms with Gasteiger partial charge in [-0.05, 0) is 180 Å². The Labute approximate surface area is 414 Å². The van der Waals surface area contributed by atoms with Gasteiger partial charge in [0.25, 0.3) is 5.92 Å². The molecule has 5 aromatic carbocycles. The number of halogens is 5. The molecule has 0 aromatic heterocycles. The van der Waals surface area contributed by atoms with Gasteiger partial charge in [-0.15, -0.1) is 0 Å². The number of aryl methyl sites for hydroxylation is 2. The van der Waals surface area contributed by atoms with E-state index in [1.54, 1.807) is 47.6 Å². The van der Waals surface area contributed by atoms with Gasteiger partial charge < -0.3 is 10.6 Å². The Morgan fingerprint density at radius 3 is 1.49 bits per heavy atom. The van der Waals surface area contributed by atoms with E-state index in [1.165, 1.54) is 77.9 Å². The van der Waals surface area contributed by atoms with Crippen LogP contribution >= 0.6 is 15.2 Å². The van der Waals surface area contributed by atoms with Crippen molar-refractivity contribution in [1.82, 2.24) is 0 Å². The van der Waals surface area contributed by atoms with Gasteiger partial charge in [-0.3, -0.25) is 32.0 Å². The van der Waals surface area contributed by atoms with Crippen LogP contribution in [0.3, 0.4) is 0 Å². The third-order valence-corrected chi connectivity index (χ3v) is 15.6. The molecule has 0 aliphatic rings. The smallest absolute Gasteiger partial charge is 0.308 e. The molecule has 0 spiro atoms. The molecule has 0 heterocycles. The van der Waals surface area contributed by atoms with Crippen molar-refractivity contribution in [3.8, 4) is 0 Å². The average Bonchev–Trinajstić information content (AvgIpc) is 3.22. The molecule has 0 fully saturated rings. The zero-order valence-electron chi connectivity index (χ0n) is 42.7. The van der Waals surface area contributed by atoms with E-state index >= 15 is 22.4 Å². The fraction of sp³-hybridized carbons (Fsp3) is 0.407. The standard InChI is InChI=1S/C54H65F5N2O8P2/c1-35-15-16-36(2)45(33-35)61-47(63)60-43-29-23-39(24-30-43)52(46(62)38-19-27-42(55)28-20-38,53(56,57)40-25-31-44(32-26-40)70(64,66-48(3,4)5)67-49(6,7)8)34-37-17-21-41(22-18-37)54(58,59)71(65,68-50(9,10)11)69-51(12,13)14/h15-33H,34H2,1-14H3,(H2,60,61,63). The highest BCUT2D eigenvalue weighted by atomic mass is 31.2. The Hall–Kier alpha value is -5.01. The van der Waals surface area contributed by atoms with Gasteiger partial charge in [0.2, 0.25) is 0 Å². The molecule has 2 amide bonds. The normalized spacial score (nSPS) is 14.2. The number of ketones is 1. The van der Waals surface area contributed by atoms with E-state index in [4.69, 9.17) is 18.1 Å². The van der Waals surface area contributed by atoms with Gasteiger partial charge in [0.1, 0.15) is 11.2 Å². The Morgan fingerprint density at radius 1 is 0.549 bits per heavy atom. The molecule has 1 atom stereocenters. The van der Waals surface area contributed by atoms with Crippen molar-refractivity contribution in [2.24, 2.45) is 0 Å². The second kappa shape index (κ2) is 20.5. The highest BCUT2D eigenvalue weighted by Gasteiger charge is 2.62. The number of rotatable bonds is 16. The lowest BCUT2D eigenvalue weighted by Gasteiger charge is -2.41. The van der Waals surface area contributed by atoms with Crippen LogP contribution in [0.25, 0.3) is 0 Å². The second-order valence-electron chi connectivity index (χ2n) is 21.6. The molecule has 5 aromatic rings. The molecule has 10 nitrogen and oxygen atoms in total. The summed E-state index contributed by atoms with van der Waals surface area (Å²) >= 11 is 0. The number of anilines is 2. The van der Waals surface area contributed by atoms with E-state index in [0.717, 1.165) is 71.8 Å². The van der Waals surface area contributed by atoms with Crippen molar-refractivity contribution in [3.63, 3.8) is 0 Å². The highest BCUT2D eigenvalue weighted by Crippen LogP contribution is 2.70. The van der Waals surface area contributed by atoms with E-state index in [1.807, 2.05) is 26.0 Å². The quantitative estimate of drug-likeness (QED) is 0.0568. The predicted molar refractivity (Wildman–Crippen MR) is 270 cm³/mol. The van der Waals surface area contributed by atoms with Gasteiger partial charge in [-0.2, -0.15) is 17.6 Å². The summed E-state index contributed by atoms with van der Waals surface area (Å²) in [6.45, 7) is 22.3. The number of benzene rings is 5. The van der Waals surface area contributed by atoms with Crippen molar-refractivity contribution in [3.05, 3.63) is 160 Å². The van der Waals surface area contributed by atoms with Crippen LogP contribution in [0.15, 0.2) is 115 Å². The molecule has 2 N–H and O–H groups in total. The van der Waals surface area contributed by atoms with E-state index in [-0.39, 0.29) is 27.7 Å². The maximum atomic E-state index is 18.5. The largest absolute Gasteiger partial charge is 0.405 e. The summed E-state index contributed by atoms with van der Waals surface area (Å²) in [5.41, 5.74) is -11.7. The zero-order chi connectivity index (χ0) is 53.4. The summed E-state index contributed by atoms with van der Waals surface area (Å²) in [4.78, 5) is 28.6. The number of hydrogen-bond donors (Lipinski definition) is 2. The number of carbonyl (C=O) groups is 2. The topological polar surface area (TPSA) is 129 Å². The molecular formula is C54H65F5N2O8P2. The lowest BCUT2D eigenvalue weighted by atomic mass is 9.64. The predicted octanol–water partition coefficient (Wildman–Crippen LogP) is 15.6. The molecular weight excluding hydrogens is 962 g/mol. The van der Waals surface area contributed by atoms with Crippen LogP contribution in [-0.2, 0) is 50.6 Å². The van der Waals surface area contributed by atoms with E-state index in [0.29, 0.717) is 5.69 Å². The molecule has 71 heavy (non-hydrogen) atoms. The Kier molecular flexibility index (Phi) is 16.4. The average molecular weight is 1030 g/mol. The number of carbonyl (C=O) groups excluding carboxylic acids is 2. The van der Waals surface area contributed by atoms with Crippen LogP contribution in [0.4, 0.5) is 38.1 Å².